The molecule has 31 heavy (non-hydrogen) atoms. The van der Waals surface area contributed by atoms with Gasteiger partial charge in [0.1, 0.15) is 5.82 Å². The van der Waals surface area contributed by atoms with Crippen molar-refractivity contribution in [1.82, 2.24) is 10.1 Å². The van der Waals surface area contributed by atoms with Gasteiger partial charge in [-0.3, -0.25) is 4.79 Å². The van der Waals surface area contributed by atoms with E-state index in [1.54, 1.807) is 18.2 Å². The maximum atomic E-state index is 13.0. The lowest BCUT2D eigenvalue weighted by Crippen LogP contribution is -2.12. The Hall–Kier alpha value is -4.00. The van der Waals surface area contributed by atoms with Crippen LogP contribution in [0, 0.1) is 12.7 Å². The first-order valence-electron chi connectivity index (χ1n) is 9.54. The normalized spacial score (nSPS) is 10.7. The van der Waals surface area contributed by atoms with Crippen LogP contribution < -0.4 is 9.47 Å². The molecule has 0 radical (unpaired) electrons. The van der Waals surface area contributed by atoms with E-state index >= 15 is 0 Å². The molecule has 1 heterocycles. The second-order valence-corrected chi connectivity index (χ2v) is 6.88. The Labute approximate surface area is 178 Å². The topological polar surface area (TPSA) is 74.5 Å². The van der Waals surface area contributed by atoms with Crippen LogP contribution in [0.3, 0.4) is 0 Å². The third-order valence-electron chi connectivity index (χ3n) is 4.64. The fourth-order valence-corrected chi connectivity index (χ4v) is 3.02. The molecule has 0 saturated heterocycles. The molecule has 1 aromatic heterocycles. The van der Waals surface area contributed by atoms with E-state index < -0.39 is 5.82 Å². The molecule has 0 spiro atoms. The molecule has 0 amide bonds. The molecular formula is C24H19FN2O4. The number of hydrogen-bond acceptors (Lipinski definition) is 6. The van der Waals surface area contributed by atoms with Crippen LogP contribution in [0.5, 0.6) is 11.5 Å². The summed E-state index contributed by atoms with van der Waals surface area (Å²) < 4.78 is 29.4. The van der Waals surface area contributed by atoms with Gasteiger partial charge in [-0.25, -0.2) is 4.39 Å². The minimum atomic E-state index is -0.401. The van der Waals surface area contributed by atoms with E-state index in [1.807, 2.05) is 31.2 Å². The number of ketones is 1. The van der Waals surface area contributed by atoms with Crippen LogP contribution in [-0.2, 0) is 0 Å². The number of benzene rings is 3. The number of aryl methyl sites for hydroxylation is 1. The molecule has 0 aliphatic heterocycles. The molecule has 0 bridgehead atoms. The summed E-state index contributed by atoms with van der Waals surface area (Å²) >= 11 is 0. The minimum absolute atomic E-state index is 0.207. The summed E-state index contributed by atoms with van der Waals surface area (Å²) in [7, 11) is 1.50. The van der Waals surface area contributed by atoms with Crippen LogP contribution in [-0.4, -0.2) is 29.6 Å². The molecule has 0 aliphatic carbocycles. The second kappa shape index (κ2) is 8.79. The molecule has 0 atom stereocenters. The second-order valence-electron chi connectivity index (χ2n) is 6.88. The highest BCUT2D eigenvalue weighted by molar-refractivity contribution is 5.97. The highest BCUT2D eigenvalue weighted by Crippen LogP contribution is 2.32. The van der Waals surface area contributed by atoms with Gasteiger partial charge in [0.25, 0.3) is 5.89 Å². The standard InChI is InChI=1S/C24H19FN2O4/c1-15-4-3-5-18(12-15)24-26-23(27-31-24)17-8-11-21(22(13-17)29-2)30-14-20(28)16-6-9-19(25)10-7-16/h3-13H,14H2,1-2H3. The molecule has 156 valence electrons. The first kappa shape index (κ1) is 20.3. The van der Waals surface area contributed by atoms with Crippen LogP contribution in [0.25, 0.3) is 22.8 Å². The average molecular weight is 418 g/mol. The molecule has 0 fully saturated rings. The average Bonchev–Trinajstić information content (AvgIpc) is 3.28. The van der Waals surface area contributed by atoms with Gasteiger partial charge < -0.3 is 14.0 Å². The lowest BCUT2D eigenvalue weighted by atomic mass is 10.1. The molecule has 4 rings (SSSR count). The lowest BCUT2D eigenvalue weighted by Gasteiger charge is -2.11. The van der Waals surface area contributed by atoms with Crippen molar-refractivity contribution in [3.63, 3.8) is 0 Å². The molecular weight excluding hydrogens is 399 g/mol. The van der Waals surface area contributed by atoms with E-state index in [4.69, 9.17) is 14.0 Å². The SMILES string of the molecule is COc1cc(-c2noc(-c3cccc(C)c3)n2)ccc1OCC(=O)c1ccc(F)cc1. The Bertz CT molecular complexity index is 1220. The summed E-state index contributed by atoms with van der Waals surface area (Å²) in [6, 6.07) is 18.2. The number of Topliss-reactive ketones (excluding diaryl/α,β-unsaturated/α-hetero) is 1. The third-order valence-corrected chi connectivity index (χ3v) is 4.64. The maximum Gasteiger partial charge on any atom is 0.258 e. The van der Waals surface area contributed by atoms with E-state index in [1.165, 1.54) is 31.4 Å². The van der Waals surface area contributed by atoms with Crippen LogP contribution >= 0.6 is 0 Å². The fraction of sp³-hybridized carbons (Fsp3) is 0.125. The summed E-state index contributed by atoms with van der Waals surface area (Å²) in [5.74, 6) is 0.968. The van der Waals surface area contributed by atoms with Gasteiger partial charge in [0.2, 0.25) is 5.82 Å². The zero-order valence-corrected chi connectivity index (χ0v) is 17.0. The van der Waals surface area contributed by atoms with E-state index in [0.29, 0.717) is 34.3 Å². The predicted molar refractivity (Wildman–Crippen MR) is 113 cm³/mol. The Morgan fingerprint density at radius 1 is 1.00 bits per heavy atom. The molecule has 3 aromatic carbocycles. The van der Waals surface area contributed by atoms with Crippen molar-refractivity contribution in [2.24, 2.45) is 0 Å². The van der Waals surface area contributed by atoms with Gasteiger partial charge in [0, 0.05) is 16.7 Å². The van der Waals surface area contributed by atoms with Gasteiger partial charge in [0.15, 0.2) is 23.9 Å². The highest BCUT2D eigenvalue weighted by atomic mass is 19.1. The number of carbonyl (C=O) groups excluding carboxylic acids is 1. The van der Waals surface area contributed by atoms with E-state index in [9.17, 15) is 9.18 Å². The smallest absolute Gasteiger partial charge is 0.258 e. The molecule has 6 nitrogen and oxygen atoms in total. The first-order valence-corrected chi connectivity index (χ1v) is 9.54. The van der Waals surface area contributed by atoms with Crippen molar-refractivity contribution in [1.29, 1.82) is 0 Å². The summed E-state index contributed by atoms with van der Waals surface area (Å²) in [6.07, 6.45) is 0. The van der Waals surface area contributed by atoms with Gasteiger partial charge in [-0.15, -0.1) is 0 Å². The Balaban J connectivity index is 1.50. The molecule has 7 heteroatoms. The third kappa shape index (κ3) is 4.61. The van der Waals surface area contributed by atoms with Crippen LogP contribution in [0.2, 0.25) is 0 Å². The summed E-state index contributed by atoms with van der Waals surface area (Å²) in [6.45, 7) is 1.78. The van der Waals surface area contributed by atoms with E-state index in [0.717, 1.165) is 11.1 Å². The largest absolute Gasteiger partial charge is 0.493 e. The number of halogens is 1. The number of ether oxygens (including phenoxy) is 2. The van der Waals surface area contributed by atoms with Crippen molar-refractivity contribution in [2.75, 3.05) is 13.7 Å². The quantitative estimate of drug-likeness (QED) is 0.388. The summed E-state index contributed by atoms with van der Waals surface area (Å²) in [5, 5.41) is 4.05. The maximum absolute atomic E-state index is 13.0. The van der Waals surface area contributed by atoms with E-state index in [-0.39, 0.29) is 12.4 Å². The van der Waals surface area contributed by atoms with Crippen molar-refractivity contribution >= 4 is 5.78 Å². The summed E-state index contributed by atoms with van der Waals surface area (Å²) in [5.41, 5.74) is 2.98. The van der Waals surface area contributed by atoms with Gasteiger partial charge in [-0.1, -0.05) is 22.9 Å². The summed E-state index contributed by atoms with van der Waals surface area (Å²) in [4.78, 5) is 16.7. The lowest BCUT2D eigenvalue weighted by molar-refractivity contribution is 0.0919. The highest BCUT2D eigenvalue weighted by Gasteiger charge is 2.15. The number of carbonyl (C=O) groups is 1. The number of aromatic nitrogens is 2. The predicted octanol–water partition coefficient (Wildman–Crippen LogP) is 5.12. The number of rotatable bonds is 7. The zero-order valence-electron chi connectivity index (χ0n) is 17.0. The van der Waals surface area contributed by atoms with E-state index in [2.05, 4.69) is 10.1 Å². The van der Waals surface area contributed by atoms with Gasteiger partial charge in [0.05, 0.1) is 7.11 Å². The number of hydrogen-bond donors (Lipinski definition) is 0. The minimum Gasteiger partial charge on any atom is -0.493 e. The van der Waals surface area contributed by atoms with Crippen molar-refractivity contribution in [3.8, 4) is 34.3 Å². The van der Waals surface area contributed by atoms with Gasteiger partial charge in [-0.2, -0.15) is 4.98 Å². The molecule has 0 N–H and O–H groups in total. The molecule has 4 aromatic rings. The van der Waals surface area contributed by atoms with Crippen LogP contribution in [0.1, 0.15) is 15.9 Å². The molecule has 0 aliphatic rings. The monoisotopic (exact) mass is 418 g/mol. The van der Waals surface area contributed by atoms with Gasteiger partial charge in [-0.05, 0) is 61.5 Å². The van der Waals surface area contributed by atoms with Crippen molar-refractivity contribution < 1.29 is 23.2 Å². The van der Waals surface area contributed by atoms with Crippen molar-refractivity contribution in [2.45, 2.75) is 6.92 Å². The number of methoxy groups -OCH3 is 1. The first-order chi connectivity index (χ1) is 15.0. The van der Waals surface area contributed by atoms with Crippen LogP contribution in [0.15, 0.2) is 71.3 Å². The Morgan fingerprint density at radius 2 is 1.81 bits per heavy atom. The fourth-order valence-electron chi connectivity index (χ4n) is 3.02. The van der Waals surface area contributed by atoms with Crippen LogP contribution in [0.4, 0.5) is 4.39 Å². The van der Waals surface area contributed by atoms with Gasteiger partial charge >= 0.3 is 0 Å². The Kier molecular flexibility index (Phi) is 5.75. The number of nitrogens with zero attached hydrogens (tertiary/aromatic N) is 2. The molecule has 0 unspecified atom stereocenters. The zero-order chi connectivity index (χ0) is 21.8. The van der Waals surface area contributed by atoms with Crippen molar-refractivity contribution in [3.05, 3.63) is 83.7 Å². The Morgan fingerprint density at radius 3 is 2.55 bits per heavy atom. The molecule has 0 saturated carbocycles.